The molecule has 0 bridgehead atoms. The maximum absolute atomic E-state index is 12.7. The molecule has 0 radical (unpaired) electrons. The van der Waals surface area contributed by atoms with Crippen molar-refractivity contribution >= 4 is 28.0 Å². The molecule has 1 heterocycles. The molecule has 0 atom stereocenters. The van der Waals surface area contributed by atoms with E-state index in [9.17, 15) is 13.2 Å². The normalized spacial score (nSPS) is 15.0. The number of aliphatic imine (C=N–C) groups is 1. The minimum Gasteiger partial charge on any atom is -0.493 e. The fourth-order valence-corrected chi connectivity index (χ4v) is 4.74. The summed E-state index contributed by atoms with van der Waals surface area (Å²) in [6.07, 6.45) is 2.45. The van der Waals surface area contributed by atoms with Gasteiger partial charge in [0.2, 0.25) is 15.9 Å². The van der Waals surface area contributed by atoms with Gasteiger partial charge in [0.25, 0.3) is 0 Å². The summed E-state index contributed by atoms with van der Waals surface area (Å²) in [5.41, 5.74) is 1.35. The molecule has 8 nitrogen and oxygen atoms in total. The minimum absolute atomic E-state index is 0.119. The number of hydrogen-bond donors (Lipinski definition) is 0. The lowest BCUT2D eigenvalue weighted by Crippen LogP contribution is -2.30. The third kappa shape index (κ3) is 5.43. The molecule has 0 fully saturated rings. The highest BCUT2D eigenvalue weighted by atomic mass is 32.2. The van der Waals surface area contributed by atoms with E-state index >= 15 is 0 Å². The molecular formula is C24H28N2O6S. The second-order valence-corrected chi connectivity index (χ2v) is 9.15. The second-order valence-electron chi connectivity index (χ2n) is 7.21. The van der Waals surface area contributed by atoms with Crippen LogP contribution in [0.3, 0.4) is 0 Å². The Bertz CT molecular complexity index is 1170. The molecule has 33 heavy (non-hydrogen) atoms. The van der Waals surface area contributed by atoms with Gasteiger partial charge in [-0.15, -0.1) is 0 Å². The van der Waals surface area contributed by atoms with Crippen LogP contribution in [-0.2, 0) is 19.6 Å². The molecule has 176 valence electrons. The molecule has 0 aliphatic carbocycles. The van der Waals surface area contributed by atoms with E-state index in [-0.39, 0.29) is 16.5 Å². The van der Waals surface area contributed by atoms with Crippen LogP contribution in [0.15, 0.2) is 58.0 Å². The van der Waals surface area contributed by atoms with Crippen molar-refractivity contribution in [3.05, 3.63) is 59.3 Å². The van der Waals surface area contributed by atoms with Crippen LogP contribution in [0.2, 0.25) is 0 Å². The first-order valence-corrected chi connectivity index (χ1v) is 12.2. The number of rotatable bonds is 10. The topological polar surface area (TPSA) is 94.5 Å². The number of carbonyl (C=O) groups excluding carboxylic acids is 1. The molecule has 0 saturated carbocycles. The molecule has 3 rings (SSSR count). The van der Waals surface area contributed by atoms with E-state index in [0.29, 0.717) is 42.3 Å². The van der Waals surface area contributed by atoms with E-state index in [4.69, 9.17) is 14.2 Å². The van der Waals surface area contributed by atoms with Crippen LogP contribution < -0.4 is 9.47 Å². The Kier molecular flexibility index (Phi) is 7.88. The lowest BCUT2D eigenvalue weighted by atomic mass is 10.1. The summed E-state index contributed by atoms with van der Waals surface area (Å²) in [5.74, 6) is 0.712. The minimum atomic E-state index is -3.57. The second kappa shape index (κ2) is 10.6. The summed E-state index contributed by atoms with van der Waals surface area (Å²) >= 11 is 0. The zero-order chi connectivity index (χ0) is 24.0. The number of cyclic esters (lactones) is 1. The van der Waals surface area contributed by atoms with Gasteiger partial charge in [0.15, 0.2) is 17.2 Å². The van der Waals surface area contributed by atoms with Crippen molar-refractivity contribution < 1.29 is 27.4 Å². The third-order valence-corrected chi connectivity index (χ3v) is 7.08. The molecule has 0 amide bonds. The maximum Gasteiger partial charge on any atom is 0.363 e. The van der Waals surface area contributed by atoms with Gasteiger partial charge in [-0.3, -0.25) is 0 Å². The van der Waals surface area contributed by atoms with Gasteiger partial charge in [-0.2, -0.15) is 4.31 Å². The number of methoxy groups -OCH3 is 1. The molecule has 0 saturated heterocycles. The van der Waals surface area contributed by atoms with E-state index in [1.807, 2.05) is 6.92 Å². The number of nitrogens with zero attached hydrogens (tertiary/aromatic N) is 2. The van der Waals surface area contributed by atoms with Crippen molar-refractivity contribution in [3.63, 3.8) is 0 Å². The molecular weight excluding hydrogens is 444 g/mol. The van der Waals surface area contributed by atoms with Gasteiger partial charge in [0.05, 0.1) is 18.6 Å². The number of esters is 1. The Morgan fingerprint density at radius 3 is 2.33 bits per heavy atom. The lowest BCUT2D eigenvalue weighted by molar-refractivity contribution is -0.129. The van der Waals surface area contributed by atoms with Crippen LogP contribution in [-0.4, -0.2) is 51.4 Å². The third-order valence-electron chi connectivity index (χ3n) is 5.02. The van der Waals surface area contributed by atoms with Gasteiger partial charge in [0, 0.05) is 18.7 Å². The Hall–Kier alpha value is -3.17. The molecule has 9 heteroatoms. The monoisotopic (exact) mass is 472 g/mol. The standard InChI is InChI=1S/C24H28N2O6S/c1-5-14-31-22-16-17(8-13-21(22)30-4)15-20-24(27)32-23(25-20)18-9-11-19(12-10-18)33(28,29)26(6-2)7-3/h8-13,15-16H,5-7,14H2,1-4H3/b20-15-. The Balaban J connectivity index is 1.86. The Morgan fingerprint density at radius 2 is 1.73 bits per heavy atom. The number of sulfonamides is 1. The van der Waals surface area contributed by atoms with Crippen molar-refractivity contribution in [2.24, 2.45) is 4.99 Å². The Morgan fingerprint density at radius 1 is 1.03 bits per heavy atom. The van der Waals surface area contributed by atoms with Crippen molar-refractivity contribution in [3.8, 4) is 11.5 Å². The summed E-state index contributed by atoms with van der Waals surface area (Å²) in [4.78, 5) is 16.8. The quantitative estimate of drug-likeness (QED) is 0.385. The fourth-order valence-electron chi connectivity index (χ4n) is 3.28. The molecule has 0 spiro atoms. The highest BCUT2D eigenvalue weighted by Gasteiger charge is 2.26. The van der Waals surface area contributed by atoms with Crippen LogP contribution in [0.1, 0.15) is 38.3 Å². The Labute approximate surface area is 194 Å². The highest BCUT2D eigenvalue weighted by molar-refractivity contribution is 7.89. The maximum atomic E-state index is 12.7. The van der Waals surface area contributed by atoms with Crippen LogP contribution in [0.4, 0.5) is 0 Å². The van der Waals surface area contributed by atoms with E-state index in [1.165, 1.54) is 16.4 Å². The van der Waals surface area contributed by atoms with E-state index in [2.05, 4.69) is 4.99 Å². The lowest BCUT2D eigenvalue weighted by Gasteiger charge is -2.18. The highest BCUT2D eigenvalue weighted by Crippen LogP contribution is 2.30. The summed E-state index contributed by atoms with van der Waals surface area (Å²) in [7, 11) is -2.00. The molecule has 0 unspecified atom stereocenters. The van der Waals surface area contributed by atoms with Gasteiger partial charge < -0.3 is 14.2 Å². The summed E-state index contributed by atoms with van der Waals surface area (Å²) in [6.45, 7) is 6.90. The number of hydrogen-bond acceptors (Lipinski definition) is 7. The molecule has 0 N–H and O–H groups in total. The van der Waals surface area contributed by atoms with Gasteiger partial charge in [-0.25, -0.2) is 18.2 Å². The first-order valence-electron chi connectivity index (χ1n) is 10.8. The average molecular weight is 473 g/mol. The van der Waals surface area contributed by atoms with Crippen molar-refractivity contribution in [1.29, 1.82) is 0 Å². The summed E-state index contributed by atoms with van der Waals surface area (Å²) in [5, 5.41) is 0. The molecule has 1 aliphatic heterocycles. The number of ether oxygens (including phenoxy) is 3. The molecule has 0 aromatic heterocycles. The number of carbonyl (C=O) groups is 1. The average Bonchev–Trinajstić information content (AvgIpc) is 3.18. The van der Waals surface area contributed by atoms with Crippen LogP contribution in [0.5, 0.6) is 11.5 Å². The molecule has 1 aliphatic rings. The smallest absolute Gasteiger partial charge is 0.363 e. The van der Waals surface area contributed by atoms with Gasteiger partial charge in [0.1, 0.15) is 0 Å². The molecule has 2 aromatic carbocycles. The summed E-state index contributed by atoms with van der Waals surface area (Å²) in [6, 6.07) is 11.5. The van der Waals surface area contributed by atoms with Crippen molar-refractivity contribution in [2.45, 2.75) is 32.1 Å². The van der Waals surface area contributed by atoms with Gasteiger partial charge >= 0.3 is 5.97 Å². The van der Waals surface area contributed by atoms with Crippen molar-refractivity contribution in [1.82, 2.24) is 4.31 Å². The van der Waals surface area contributed by atoms with Crippen LogP contribution in [0, 0.1) is 0 Å². The first kappa shape index (κ1) is 24.5. The predicted octanol–water partition coefficient (Wildman–Crippen LogP) is 3.86. The van der Waals surface area contributed by atoms with Gasteiger partial charge in [-0.05, 0) is 54.5 Å². The SMILES string of the molecule is CCCOc1cc(/C=C2\N=C(c3ccc(S(=O)(=O)N(CC)CC)cc3)OC2=O)ccc1OC. The van der Waals surface area contributed by atoms with Crippen LogP contribution in [0.25, 0.3) is 6.08 Å². The van der Waals surface area contributed by atoms with Crippen molar-refractivity contribution in [2.75, 3.05) is 26.8 Å². The fraction of sp³-hybridized carbons (Fsp3) is 0.333. The zero-order valence-corrected chi connectivity index (χ0v) is 20.0. The number of benzene rings is 2. The van der Waals surface area contributed by atoms with E-state index < -0.39 is 16.0 Å². The zero-order valence-electron chi connectivity index (χ0n) is 19.2. The van der Waals surface area contributed by atoms with Gasteiger partial charge in [-0.1, -0.05) is 26.8 Å². The largest absolute Gasteiger partial charge is 0.493 e. The van der Waals surface area contributed by atoms with E-state index in [0.717, 1.165) is 6.42 Å². The first-order chi connectivity index (χ1) is 15.8. The van der Waals surface area contributed by atoms with Crippen LogP contribution >= 0.6 is 0 Å². The van der Waals surface area contributed by atoms with E-state index in [1.54, 1.807) is 57.4 Å². The summed E-state index contributed by atoms with van der Waals surface area (Å²) < 4.78 is 43.0. The molecule has 2 aromatic rings. The predicted molar refractivity (Wildman–Crippen MR) is 126 cm³/mol.